The van der Waals surface area contributed by atoms with Crippen molar-refractivity contribution >= 4 is 0 Å². The summed E-state index contributed by atoms with van der Waals surface area (Å²) in [6.45, 7) is 2.01. The van der Waals surface area contributed by atoms with E-state index in [-0.39, 0.29) is 6.61 Å². The molecule has 0 bridgehead atoms. The van der Waals surface area contributed by atoms with Gasteiger partial charge in [0.05, 0.1) is 6.20 Å². The number of aryl methyl sites for hydroxylation is 1. The Morgan fingerprint density at radius 3 is 2.91 bits per heavy atom. The van der Waals surface area contributed by atoms with Gasteiger partial charge in [0.2, 0.25) is 0 Å². The molecule has 0 amide bonds. The fourth-order valence-corrected chi connectivity index (χ4v) is 2.53. The molecule has 1 saturated heterocycles. The molecule has 3 rings (SSSR count). The van der Waals surface area contributed by atoms with Gasteiger partial charge in [-0.2, -0.15) is 0 Å². The van der Waals surface area contributed by atoms with Crippen LogP contribution in [0, 0.1) is 0 Å². The summed E-state index contributed by atoms with van der Waals surface area (Å²) in [5, 5.41) is 12.3. The van der Waals surface area contributed by atoms with Crippen molar-refractivity contribution in [1.29, 1.82) is 0 Å². The predicted molar refractivity (Wildman–Crippen MR) is 87.0 cm³/mol. The molecule has 1 aliphatic rings. The van der Waals surface area contributed by atoms with Gasteiger partial charge in [-0.05, 0) is 43.0 Å². The fraction of sp³-hybridized carbons (Fsp3) is 0.389. The molecule has 22 heavy (non-hydrogen) atoms. The van der Waals surface area contributed by atoms with Crippen LogP contribution in [0.5, 0.6) is 5.75 Å². The molecule has 4 nitrogen and oxygen atoms in total. The van der Waals surface area contributed by atoms with Gasteiger partial charge in [-0.15, -0.1) is 0 Å². The largest absolute Gasteiger partial charge is 0.490 e. The van der Waals surface area contributed by atoms with Crippen molar-refractivity contribution in [3.63, 3.8) is 0 Å². The molecule has 0 saturated carbocycles. The first kappa shape index (κ1) is 15.0. The van der Waals surface area contributed by atoms with Crippen molar-refractivity contribution in [2.24, 2.45) is 0 Å². The van der Waals surface area contributed by atoms with Crippen LogP contribution in [0.2, 0.25) is 0 Å². The summed E-state index contributed by atoms with van der Waals surface area (Å²) in [5.41, 5.74) is 3.43. The minimum Gasteiger partial charge on any atom is -0.490 e. The third-order valence-electron chi connectivity index (χ3n) is 3.97. The minimum absolute atomic E-state index is 0.226. The van der Waals surface area contributed by atoms with Crippen LogP contribution in [0.25, 0.3) is 11.1 Å². The summed E-state index contributed by atoms with van der Waals surface area (Å²) >= 11 is 0. The number of hydrogen-bond acceptors (Lipinski definition) is 4. The number of benzene rings is 1. The van der Waals surface area contributed by atoms with Crippen molar-refractivity contribution in [1.82, 2.24) is 10.3 Å². The second-order valence-electron chi connectivity index (χ2n) is 5.69. The normalized spacial score (nSPS) is 17.0. The molecule has 0 spiro atoms. The Hall–Kier alpha value is -1.91. The zero-order valence-electron chi connectivity index (χ0n) is 12.7. The van der Waals surface area contributed by atoms with Crippen LogP contribution in [0.1, 0.15) is 18.4 Å². The molecule has 0 unspecified atom stereocenters. The van der Waals surface area contributed by atoms with Crippen LogP contribution in [0.3, 0.4) is 0 Å². The number of aliphatic hydroxyl groups is 1. The second-order valence-corrected chi connectivity index (χ2v) is 5.69. The molecule has 1 aromatic carbocycles. The van der Waals surface area contributed by atoms with Gasteiger partial charge in [0, 0.05) is 24.4 Å². The summed E-state index contributed by atoms with van der Waals surface area (Å²) in [4.78, 5) is 4.29. The third-order valence-corrected chi connectivity index (χ3v) is 3.97. The molecule has 2 heterocycles. The van der Waals surface area contributed by atoms with E-state index >= 15 is 0 Å². The number of pyridine rings is 1. The summed E-state index contributed by atoms with van der Waals surface area (Å²) in [7, 11) is 0. The standard InChI is InChI=1S/C18H22N2O2/c21-8-2-4-14-3-1-5-15(9-14)16-10-18(12-19-11-16)22-13-17-6-7-20-17/h1,3,5,9-12,17,20-21H,2,4,6-8,13H2/t17-/m0/s1. The molecule has 116 valence electrons. The second kappa shape index (κ2) is 7.38. The number of nitrogens with zero attached hydrogens (tertiary/aromatic N) is 1. The predicted octanol–water partition coefficient (Wildman–Crippen LogP) is 2.41. The lowest BCUT2D eigenvalue weighted by molar-refractivity contribution is 0.217. The molecule has 1 aliphatic heterocycles. The monoisotopic (exact) mass is 298 g/mol. The smallest absolute Gasteiger partial charge is 0.138 e. The lowest BCUT2D eigenvalue weighted by Crippen LogP contribution is -2.46. The average Bonchev–Trinajstić information content (AvgIpc) is 2.52. The van der Waals surface area contributed by atoms with E-state index in [1.54, 1.807) is 6.20 Å². The van der Waals surface area contributed by atoms with Crippen LogP contribution in [-0.4, -0.2) is 35.9 Å². The maximum Gasteiger partial charge on any atom is 0.138 e. The molecule has 0 radical (unpaired) electrons. The minimum atomic E-state index is 0.226. The van der Waals surface area contributed by atoms with Crippen molar-refractivity contribution in [3.8, 4) is 16.9 Å². The van der Waals surface area contributed by atoms with Gasteiger partial charge < -0.3 is 15.2 Å². The van der Waals surface area contributed by atoms with Gasteiger partial charge in [-0.25, -0.2) is 0 Å². The Balaban J connectivity index is 1.70. The Bertz CT molecular complexity index is 612. The fourth-order valence-electron chi connectivity index (χ4n) is 2.53. The van der Waals surface area contributed by atoms with E-state index in [0.29, 0.717) is 12.6 Å². The molecule has 0 aliphatic carbocycles. The topological polar surface area (TPSA) is 54.4 Å². The van der Waals surface area contributed by atoms with Crippen LogP contribution >= 0.6 is 0 Å². The number of ether oxygens (including phenoxy) is 1. The maximum absolute atomic E-state index is 8.95. The van der Waals surface area contributed by atoms with Crippen molar-refractivity contribution in [2.75, 3.05) is 19.8 Å². The Labute approximate surface area is 131 Å². The molecule has 1 aromatic heterocycles. The molecule has 4 heteroatoms. The molecule has 2 aromatic rings. The quantitative estimate of drug-likeness (QED) is 0.824. The van der Waals surface area contributed by atoms with Crippen molar-refractivity contribution in [2.45, 2.75) is 25.3 Å². The van der Waals surface area contributed by atoms with Gasteiger partial charge >= 0.3 is 0 Å². The highest BCUT2D eigenvalue weighted by Gasteiger charge is 2.16. The van der Waals surface area contributed by atoms with Gasteiger partial charge in [0.15, 0.2) is 0 Å². The van der Waals surface area contributed by atoms with Gasteiger partial charge in [-0.3, -0.25) is 4.98 Å². The third kappa shape index (κ3) is 3.84. The van der Waals surface area contributed by atoms with Crippen LogP contribution < -0.4 is 10.1 Å². The number of rotatable bonds is 7. The van der Waals surface area contributed by atoms with E-state index in [1.807, 2.05) is 18.3 Å². The van der Waals surface area contributed by atoms with E-state index < -0.39 is 0 Å². The number of aliphatic hydroxyl groups excluding tert-OH is 1. The molecule has 2 N–H and O–H groups in total. The molecular weight excluding hydrogens is 276 g/mol. The summed E-state index contributed by atoms with van der Waals surface area (Å²) < 4.78 is 5.81. The van der Waals surface area contributed by atoms with Gasteiger partial charge in [0.1, 0.15) is 12.4 Å². The number of hydrogen-bond donors (Lipinski definition) is 2. The van der Waals surface area contributed by atoms with Crippen LogP contribution in [0.4, 0.5) is 0 Å². The SMILES string of the molecule is OCCCc1cccc(-c2cncc(OC[C@@H]3CCN3)c2)c1. The average molecular weight is 298 g/mol. The number of nitrogens with one attached hydrogen (secondary N) is 1. The molecule has 1 fully saturated rings. The molecular formula is C18H22N2O2. The van der Waals surface area contributed by atoms with E-state index in [2.05, 4.69) is 28.5 Å². The number of aromatic nitrogens is 1. The Morgan fingerprint density at radius 2 is 2.14 bits per heavy atom. The lowest BCUT2D eigenvalue weighted by Gasteiger charge is -2.27. The zero-order valence-corrected chi connectivity index (χ0v) is 12.7. The van der Waals surface area contributed by atoms with E-state index in [4.69, 9.17) is 9.84 Å². The van der Waals surface area contributed by atoms with E-state index in [0.717, 1.165) is 36.3 Å². The van der Waals surface area contributed by atoms with Crippen molar-refractivity contribution in [3.05, 3.63) is 48.3 Å². The first-order valence-corrected chi connectivity index (χ1v) is 7.86. The lowest BCUT2D eigenvalue weighted by atomic mass is 10.0. The van der Waals surface area contributed by atoms with Crippen LogP contribution in [-0.2, 0) is 6.42 Å². The Kier molecular flexibility index (Phi) is 5.03. The highest BCUT2D eigenvalue weighted by molar-refractivity contribution is 5.64. The van der Waals surface area contributed by atoms with Gasteiger partial charge in [-0.1, -0.05) is 24.3 Å². The highest BCUT2D eigenvalue weighted by Crippen LogP contribution is 2.24. The van der Waals surface area contributed by atoms with Crippen LogP contribution in [0.15, 0.2) is 42.7 Å². The van der Waals surface area contributed by atoms with Crippen molar-refractivity contribution < 1.29 is 9.84 Å². The molecule has 1 atom stereocenters. The summed E-state index contributed by atoms with van der Waals surface area (Å²) in [6, 6.07) is 10.9. The Morgan fingerprint density at radius 1 is 1.23 bits per heavy atom. The summed E-state index contributed by atoms with van der Waals surface area (Å²) in [6.07, 6.45) is 6.48. The summed E-state index contributed by atoms with van der Waals surface area (Å²) in [5.74, 6) is 0.812. The first-order chi connectivity index (χ1) is 10.8. The first-order valence-electron chi connectivity index (χ1n) is 7.86. The van der Waals surface area contributed by atoms with E-state index in [1.165, 1.54) is 12.0 Å². The maximum atomic E-state index is 8.95. The highest BCUT2D eigenvalue weighted by atomic mass is 16.5. The zero-order chi connectivity index (χ0) is 15.2. The van der Waals surface area contributed by atoms with Gasteiger partial charge in [0.25, 0.3) is 0 Å². The van der Waals surface area contributed by atoms with E-state index in [9.17, 15) is 0 Å².